The third-order valence-electron chi connectivity index (χ3n) is 4.87. The number of aliphatic hydroxyl groups excluding tert-OH is 1. The van der Waals surface area contributed by atoms with Crippen molar-refractivity contribution in [1.29, 1.82) is 0 Å². The van der Waals surface area contributed by atoms with Crippen molar-refractivity contribution in [2.24, 2.45) is 0 Å². The maximum atomic E-state index is 13.0. The summed E-state index contributed by atoms with van der Waals surface area (Å²) in [5, 5.41) is 11.0. The maximum Gasteiger partial charge on any atom is 0.301 e. The zero-order chi connectivity index (χ0) is 21.3. The van der Waals surface area contributed by atoms with Crippen molar-refractivity contribution < 1.29 is 19.4 Å². The molecule has 30 heavy (non-hydrogen) atoms. The first kappa shape index (κ1) is 19.8. The minimum atomic E-state index is -0.820. The van der Waals surface area contributed by atoms with Crippen LogP contribution in [-0.2, 0) is 9.59 Å². The summed E-state index contributed by atoms with van der Waals surface area (Å²) in [6.45, 7) is 0. The highest BCUT2D eigenvalue weighted by Crippen LogP contribution is 2.42. The van der Waals surface area contributed by atoms with Gasteiger partial charge in [-0.05, 0) is 54.1 Å². The smallest absolute Gasteiger partial charge is 0.301 e. The number of hydrogen-bond acceptors (Lipinski definition) is 5. The van der Waals surface area contributed by atoms with E-state index in [4.69, 9.17) is 4.74 Å². The first-order valence-corrected chi connectivity index (χ1v) is 9.92. The van der Waals surface area contributed by atoms with Gasteiger partial charge in [0.25, 0.3) is 5.78 Å². The molecule has 0 aliphatic carbocycles. The van der Waals surface area contributed by atoms with E-state index < -0.39 is 17.7 Å². The van der Waals surface area contributed by atoms with Gasteiger partial charge in [-0.3, -0.25) is 14.5 Å². The van der Waals surface area contributed by atoms with Crippen LogP contribution < -0.4 is 9.64 Å². The molecule has 3 aromatic rings. The van der Waals surface area contributed by atoms with Crippen molar-refractivity contribution >= 4 is 39.2 Å². The van der Waals surface area contributed by atoms with Crippen LogP contribution in [-0.4, -0.2) is 28.9 Å². The Morgan fingerprint density at radius 3 is 2.47 bits per heavy atom. The van der Waals surface area contributed by atoms with E-state index in [1.165, 1.54) is 4.90 Å². The molecule has 1 atom stereocenters. The lowest BCUT2D eigenvalue weighted by atomic mass is 9.95. The molecule has 0 bridgehead atoms. The van der Waals surface area contributed by atoms with Crippen molar-refractivity contribution in [2.75, 3.05) is 12.0 Å². The number of ketones is 1. The Morgan fingerprint density at radius 2 is 1.83 bits per heavy atom. The molecular formula is C23H17BrN2O4. The van der Waals surface area contributed by atoms with E-state index in [2.05, 4.69) is 20.9 Å². The van der Waals surface area contributed by atoms with Crippen molar-refractivity contribution in [2.45, 2.75) is 6.04 Å². The number of rotatable bonds is 4. The van der Waals surface area contributed by atoms with Gasteiger partial charge in [-0.2, -0.15) is 0 Å². The second-order valence-corrected chi connectivity index (χ2v) is 7.56. The number of ether oxygens (including phenoxy) is 1. The number of aliphatic hydroxyl groups is 1. The second-order valence-electron chi connectivity index (χ2n) is 6.64. The van der Waals surface area contributed by atoms with Crippen LogP contribution in [0.3, 0.4) is 0 Å². The molecule has 1 fully saturated rings. The van der Waals surface area contributed by atoms with Crippen LogP contribution in [0.25, 0.3) is 5.76 Å². The predicted octanol–water partition coefficient (Wildman–Crippen LogP) is 4.48. The fourth-order valence-corrected chi connectivity index (χ4v) is 3.88. The summed E-state index contributed by atoms with van der Waals surface area (Å²) in [5.41, 5.74) is 1.09. The molecule has 7 heteroatoms. The monoisotopic (exact) mass is 464 g/mol. The molecule has 0 radical (unpaired) electrons. The van der Waals surface area contributed by atoms with Gasteiger partial charge in [0.1, 0.15) is 17.3 Å². The van der Waals surface area contributed by atoms with E-state index in [1.807, 2.05) is 18.2 Å². The van der Waals surface area contributed by atoms with Crippen molar-refractivity contribution in [3.8, 4) is 5.75 Å². The van der Waals surface area contributed by atoms with Crippen LogP contribution in [0.2, 0.25) is 0 Å². The van der Waals surface area contributed by atoms with Crippen LogP contribution >= 0.6 is 15.9 Å². The van der Waals surface area contributed by atoms with Gasteiger partial charge in [0.05, 0.1) is 18.7 Å². The number of amides is 1. The Labute approximate surface area is 181 Å². The Balaban J connectivity index is 1.93. The van der Waals surface area contributed by atoms with Crippen molar-refractivity contribution in [3.63, 3.8) is 0 Å². The largest absolute Gasteiger partial charge is 0.507 e. The Morgan fingerprint density at radius 1 is 1.07 bits per heavy atom. The third kappa shape index (κ3) is 3.48. The summed E-state index contributed by atoms with van der Waals surface area (Å²) in [5.74, 6) is -0.811. The van der Waals surface area contributed by atoms with Crippen LogP contribution in [0, 0.1) is 0 Å². The van der Waals surface area contributed by atoms with E-state index in [0.717, 1.165) is 4.47 Å². The lowest BCUT2D eigenvalue weighted by molar-refractivity contribution is -0.132. The molecule has 1 aromatic heterocycles. The lowest BCUT2D eigenvalue weighted by Gasteiger charge is -2.24. The molecule has 6 nitrogen and oxygen atoms in total. The van der Waals surface area contributed by atoms with Crippen LogP contribution in [0.15, 0.2) is 83.0 Å². The fourth-order valence-electron chi connectivity index (χ4n) is 3.46. The van der Waals surface area contributed by atoms with E-state index in [1.54, 1.807) is 61.8 Å². The molecule has 0 spiro atoms. The van der Waals surface area contributed by atoms with Gasteiger partial charge in [0.2, 0.25) is 0 Å². The summed E-state index contributed by atoms with van der Waals surface area (Å²) in [6, 6.07) is 18.2. The molecule has 1 saturated heterocycles. The molecule has 1 aliphatic heterocycles. The van der Waals surface area contributed by atoms with Gasteiger partial charge in [0.15, 0.2) is 0 Å². The van der Waals surface area contributed by atoms with E-state index in [-0.39, 0.29) is 11.3 Å². The summed E-state index contributed by atoms with van der Waals surface area (Å²) >= 11 is 3.44. The van der Waals surface area contributed by atoms with Gasteiger partial charge in [-0.15, -0.1) is 0 Å². The molecule has 2 aromatic carbocycles. The Kier molecular flexibility index (Phi) is 5.37. The first-order valence-electron chi connectivity index (χ1n) is 9.13. The SMILES string of the molecule is COc1ccc(/C(O)=C2\C(=O)C(=O)N(c3ccccn3)[C@@H]2c2cccc(Br)c2)cc1. The molecule has 0 unspecified atom stereocenters. The summed E-state index contributed by atoms with van der Waals surface area (Å²) in [7, 11) is 1.54. The first-order chi connectivity index (χ1) is 14.5. The number of Topliss-reactive ketones (excluding diaryl/α,β-unsaturated/α-hetero) is 1. The molecular weight excluding hydrogens is 448 g/mol. The average molecular weight is 465 g/mol. The zero-order valence-electron chi connectivity index (χ0n) is 15.9. The standard InChI is InChI=1S/C23H17BrN2O4/c1-30-17-10-8-14(9-11-17)21(27)19-20(15-5-4-6-16(24)13-15)26(23(29)22(19)28)18-7-2-3-12-25-18/h2-13,20,27H,1H3/b21-19+/t20-/m1/s1. The number of nitrogens with zero attached hydrogens (tertiary/aromatic N) is 2. The molecule has 1 aliphatic rings. The minimum absolute atomic E-state index is 0.00826. The highest BCUT2D eigenvalue weighted by Gasteiger charge is 2.47. The second kappa shape index (κ2) is 8.12. The molecule has 1 amide bonds. The molecule has 150 valence electrons. The highest BCUT2D eigenvalue weighted by atomic mass is 79.9. The molecule has 4 rings (SSSR count). The van der Waals surface area contributed by atoms with Gasteiger partial charge in [-0.1, -0.05) is 34.1 Å². The summed E-state index contributed by atoms with van der Waals surface area (Å²) in [4.78, 5) is 31.6. The summed E-state index contributed by atoms with van der Waals surface area (Å²) in [6.07, 6.45) is 1.55. The number of benzene rings is 2. The van der Waals surface area contributed by atoms with Crippen molar-refractivity contribution in [3.05, 3.63) is 94.1 Å². The molecule has 2 heterocycles. The fraction of sp³-hybridized carbons (Fsp3) is 0.0870. The maximum absolute atomic E-state index is 13.0. The molecule has 0 saturated carbocycles. The predicted molar refractivity (Wildman–Crippen MR) is 116 cm³/mol. The van der Waals surface area contributed by atoms with Crippen LogP contribution in [0.1, 0.15) is 17.2 Å². The van der Waals surface area contributed by atoms with E-state index in [0.29, 0.717) is 22.7 Å². The van der Waals surface area contributed by atoms with E-state index >= 15 is 0 Å². The van der Waals surface area contributed by atoms with Gasteiger partial charge < -0.3 is 9.84 Å². The van der Waals surface area contributed by atoms with E-state index in [9.17, 15) is 14.7 Å². The number of hydrogen-bond donors (Lipinski definition) is 1. The Bertz CT molecular complexity index is 1140. The van der Waals surface area contributed by atoms with Crippen LogP contribution in [0.5, 0.6) is 5.75 Å². The van der Waals surface area contributed by atoms with Crippen molar-refractivity contribution in [1.82, 2.24) is 4.98 Å². The highest BCUT2D eigenvalue weighted by molar-refractivity contribution is 9.10. The van der Waals surface area contributed by atoms with Crippen LogP contribution in [0.4, 0.5) is 5.82 Å². The number of aromatic nitrogens is 1. The number of carbonyl (C=O) groups is 2. The van der Waals surface area contributed by atoms with Gasteiger partial charge in [0, 0.05) is 16.2 Å². The number of pyridine rings is 1. The number of carbonyl (C=O) groups excluding carboxylic acids is 2. The average Bonchev–Trinajstić information content (AvgIpc) is 3.04. The number of halogens is 1. The minimum Gasteiger partial charge on any atom is -0.507 e. The normalized spacial score (nSPS) is 17.9. The third-order valence-corrected chi connectivity index (χ3v) is 5.36. The Hall–Kier alpha value is -3.45. The number of anilines is 1. The van der Waals surface area contributed by atoms with Gasteiger partial charge >= 0.3 is 5.91 Å². The quantitative estimate of drug-likeness (QED) is 0.349. The lowest BCUT2D eigenvalue weighted by Crippen LogP contribution is -2.30. The summed E-state index contributed by atoms with van der Waals surface area (Å²) < 4.78 is 5.94. The zero-order valence-corrected chi connectivity index (χ0v) is 17.5. The topological polar surface area (TPSA) is 79.7 Å². The van der Waals surface area contributed by atoms with Gasteiger partial charge in [-0.25, -0.2) is 4.98 Å². The molecule has 1 N–H and O–H groups in total. The number of methoxy groups -OCH3 is 1.